The molecule has 1 amide bonds. The van der Waals surface area contributed by atoms with Crippen molar-refractivity contribution in [3.63, 3.8) is 0 Å². The summed E-state index contributed by atoms with van der Waals surface area (Å²) in [6.07, 6.45) is 0. The highest BCUT2D eigenvalue weighted by Crippen LogP contribution is 2.28. The zero-order valence-electron chi connectivity index (χ0n) is 14.1. The molecule has 1 saturated heterocycles. The third kappa shape index (κ3) is 2.93. The van der Waals surface area contributed by atoms with E-state index in [1.807, 2.05) is 49.4 Å². The van der Waals surface area contributed by atoms with Crippen LogP contribution in [-0.4, -0.2) is 42.1 Å². The third-order valence-electron chi connectivity index (χ3n) is 4.67. The summed E-state index contributed by atoms with van der Waals surface area (Å²) in [6.45, 7) is 4.59. The minimum Gasteiger partial charge on any atom is -0.506 e. The highest BCUT2D eigenvalue weighted by Gasteiger charge is 2.25. The smallest absolute Gasteiger partial charge is 0.289 e. The number of aromatic hydroxyl groups is 1. The lowest BCUT2D eigenvalue weighted by Gasteiger charge is -2.35. The zero-order chi connectivity index (χ0) is 17.4. The van der Waals surface area contributed by atoms with Gasteiger partial charge in [0.1, 0.15) is 11.3 Å². The van der Waals surface area contributed by atoms with E-state index in [0.29, 0.717) is 31.9 Å². The molecule has 4 rings (SSSR count). The minimum absolute atomic E-state index is 0.0780. The van der Waals surface area contributed by atoms with Crippen LogP contribution in [0.3, 0.4) is 0 Å². The van der Waals surface area contributed by atoms with Gasteiger partial charge in [-0.25, -0.2) is 0 Å². The van der Waals surface area contributed by atoms with Crippen molar-refractivity contribution in [2.75, 3.05) is 31.1 Å². The third-order valence-corrected chi connectivity index (χ3v) is 4.67. The number of para-hydroxylation sites is 2. The van der Waals surface area contributed by atoms with E-state index in [-0.39, 0.29) is 11.7 Å². The molecule has 0 bridgehead atoms. The molecule has 0 saturated carbocycles. The number of benzene rings is 2. The molecule has 1 aromatic heterocycles. The number of fused-ring (bicyclic) bond motifs is 1. The van der Waals surface area contributed by atoms with E-state index >= 15 is 0 Å². The van der Waals surface area contributed by atoms with Crippen LogP contribution in [0, 0.1) is 6.92 Å². The first-order valence-electron chi connectivity index (χ1n) is 8.44. The number of rotatable bonds is 2. The predicted molar refractivity (Wildman–Crippen MR) is 97.2 cm³/mol. The van der Waals surface area contributed by atoms with Crippen molar-refractivity contribution in [2.24, 2.45) is 0 Å². The summed E-state index contributed by atoms with van der Waals surface area (Å²) < 4.78 is 5.72. The number of amides is 1. The number of phenolic OH excluding ortho intramolecular Hbond substituents is 1. The average Bonchev–Trinajstić information content (AvgIpc) is 3.05. The van der Waals surface area contributed by atoms with Crippen molar-refractivity contribution >= 4 is 22.6 Å². The van der Waals surface area contributed by atoms with Crippen molar-refractivity contribution in [3.8, 4) is 5.75 Å². The molecule has 0 unspecified atom stereocenters. The lowest BCUT2D eigenvalue weighted by atomic mass is 10.2. The molecule has 1 aliphatic heterocycles. The molecule has 1 aliphatic rings. The Hall–Kier alpha value is -2.95. The zero-order valence-corrected chi connectivity index (χ0v) is 14.1. The summed E-state index contributed by atoms with van der Waals surface area (Å²) in [5.74, 6) is 0.581. The van der Waals surface area contributed by atoms with Gasteiger partial charge in [-0.3, -0.25) is 4.79 Å². The largest absolute Gasteiger partial charge is 0.506 e. The Bertz CT molecular complexity index is 924. The summed E-state index contributed by atoms with van der Waals surface area (Å²) in [6, 6.07) is 15.0. The molecule has 0 aliphatic carbocycles. The van der Waals surface area contributed by atoms with Gasteiger partial charge in [0, 0.05) is 31.6 Å². The molecule has 5 nitrogen and oxygen atoms in total. The fourth-order valence-electron chi connectivity index (χ4n) is 3.31. The Balaban J connectivity index is 1.48. The van der Waals surface area contributed by atoms with Gasteiger partial charge in [-0.15, -0.1) is 0 Å². The molecule has 5 heteroatoms. The van der Waals surface area contributed by atoms with Gasteiger partial charge in [0.15, 0.2) is 5.76 Å². The highest BCUT2D eigenvalue weighted by atomic mass is 16.3. The second-order valence-electron chi connectivity index (χ2n) is 6.42. The van der Waals surface area contributed by atoms with Crippen LogP contribution in [0.2, 0.25) is 0 Å². The molecule has 0 atom stereocenters. The van der Waals surface area contributed by atoms with E-state index in [1.165, 1.54) is 0 Å². The van der Waals surface area contributed by atoms with Gasteiger partial charge in [0.25, 0.3) is 5.91 Å². The fourth-order valence-corrected chi connectivity index (χ4v) is 3.31. The van der Waals surface area contributed by atoms with Crippen molar-refractivity contribution in [1.29, 1.82) is 0 Å². The molecule has 0 radical (unpaired) electrons. The first-order chi connectivity index (χ1) is 12.1. The van der Waals surface area contributed by atoms with Crippen LogP contribution in [0.4, 0.5) is 5.69 Å². The van der Waals surface area contributed by atoms with Gasteiger partial charge in [-0.1, -0.05) is 23.8 Å². The summed E-state index contributed by atoms with van der Waals surface area (Å²) in [5, 5.41) is 10.9. The van der Waals surface area contributed by atoms with E-state index in [2.05, 4.69) is 4.90 Å². The Morgan fingerprint density at radius 1 is 1.04 bits per heavy atom. The predicted octanol–water partition coefficient (Wildman–Crippen LogP) is 3.41. The number of hydrogen-bond acceptors (Lipinski definition) is 4. The van der Waals surface area contributed by atoms with E-state index in [1.54, 1.807) is 11.0 Å². The minimum atomic E-state index is -0.0780. The number of anilines is 1. The first kappa shape index (κ1) is 15.6. The molecule has 0 spiro atoms. The monoisotopic (exact) mass is 336 g/mol. The number of carbonyl (C=O) groups excluding carboxylic acids is 1. The van der Waals surface area contributed by atoms with Crippen LogP contribution in [0.25, 0.3) is 11.0 Å². The number of carbonyl (C=O) groups is 1. The van der Waals surface area contributed by atoms with Crippen LogP contribution in [0.15, 0.2) is 52.9 Å². The van der Waals surface area contributed by atoms with Gasteiger partial charge in [0.05, 0.1) is 5.69 Å². The number of hydrogen-bond donors (Lipinski definition) is 1. The van der Waals surface area contributed by atoms with Crippen LogP contribution in [0.1, 0.15) is 16.1 Å². The highest BCUT2D eigenvalue weighted by molar-refractivity contribution is 5.96. The van der Waals surface area contributed by atoms with E-state index in [0.717, 1.165) is 22.2 Å². The van der Waals surface area contributed by atoms with Crippen LogP contribution in [-0.2, 0) is 0 Å². The molecule has 128 valence electrons. The Kier molecular flexibility index (Phi) is 3.84. The lowest BCUT2D eigenvalue weighted by Crippen LogP contribution is -2.48. The van der Waals surface area contributed by atoms with Gasteiger partial charge in [-0.05, 0) is 37.3 Å². The number of phenols is 1. The summed E-state index contributed by atoms with van der Waals surface area (Å²) in [4.78, 5) is 16.6. The molecule has 1 N–H and O–H groups in total. The van der Waals surface area contributed by atoms with E-state index in [4.69, 9.17) is 4.42 Å². The van der Waals surface area contributed by atoms with E-state index < -0.39 is 0 Å². The Labute approximate surface area is 146 Å². The maximum atomic E-state index is 12.7. The van der Waals surface area contributed by atoms with Crippen molar-refractivity contribution in [2.45, 2.75) is 6.92 Å². The molecule has 2 aromatic carbocycles. The van der Waals surface area contributed by atoms with Crippen LogP contribution in [0.5, 0.6) is 5.75 Å². The average molecular weight is 336 g/mol. The molecule has 25 heavy (non-hydrogen) atoms. The lowest BCUT2D eigenvalue weighted by molar-refractivity contribution is 0.0717. The summed E-state index contributed by atoms with van der Waals surface area (Å²) in [5.41, 5.74) is 2.69. The van der Waals surface area contributed by atoms with E-state index in [9.17, 15) is 9.90 Å². The SMILES string of the molecule is Cc1ccc2oc(C(=O)N3CCN(c4ccccc4O)CC3)cc2c1. The number of piperazine rings is 1. The van der Waals surface area contributed by atoms with Crippen molar-refractivity contribution < 1.29 is 14.3 Å². The fraction of sp³-hybridized carbons (Fsp3) is 0.250. The molecular weight excluding hydrogens is 316 g/mol. The van der Waals surface area contributed by atoms with Gasteiger partial charge in [-0.2, -0.15) is 0 Å². The summed E-state index contributed by atoms with van der Waals surface area (Å²) in [7, 11) is 0. The van der Waals surface area contributed by atoms with Gasteiger partial charge < -0.3 is 19.3 Å². The molecular formula is C20H20N2O3. The normalized spacial score (nSPS) is 14.9. The Morgan fingerprint density at radius 3 is 2.56 bits per heavy atom. The number of aryl methyl sites for hydroxylation is 1. The second kappa shape index (κ2) is 6.16. The second-order valence-corrected chi connectivity index (χ2v) is 6.42. The molecule has 1 fully saturated rings. The van der Waals surface area contributed by atoms with Gasteiger partial charge in [0.2, 0.25) is 0 Å². The Morgan fingerprint density at radius 2 is 1.80 bits per heavy atom. The van der Waals surface area contributed by atoms with Crippen LogP contribution < -0.4 is 4.90 Å². The maximum absolute atomic E-state index is 12.7. The number of furan rings is 1. The van der Waals surface area contributed by atoms with Crippen molar-refractivity contribution in [3.05, 3.63) is 59.9 Å². The van der Waals surface area contributed by atoms with Gasteiger partial charge >= 0.3 is 0 Å². The topological polar surface area (TPSA) is 56.9 Å². The van der Waals surface area contributed by atoms with Crippen molar-refractivity contribution in [1.82, 2.24) is 4.90 Å². The quantitative estimate of drug-likeness (QED) is 0.779. The first-order valence-corrected chi connectivity index (χ1v) is 8.44. The molecule has 2 heterocycles. The van der Waals surface area contributed by atoms with Crippen LogP contribution >= 0.6 is 0 Å². The molecule has 3 aromatic rings. The standard InChI is InChI=1S/C20H20N2O3/c1-14-6-7-18-15(12-14)13-19(25-18)20(24)22-10-8-21(9-11-22)16-4-2-3-5-17(16)23/h2-7,12-13,23H,8-11H2,1H3. The summed E-state index contributed by atoms with van der Waals surface area (Å²) >= 11 is 0. The maximum Gasteiger partial charge on any atom is 0.289 e. The number of nitrogens with zero attached hydrogens (tertiary/aromatic N) is 2.